The van der Waals surface area contributed by atoms with Crippen molar-refractivity contribution < 1.29 is 9.32 Å². The molecule has 2 aromatic rings. The molecular formula is C17H23N5O2. The molecule has 1 aliphatic heterocycles. The van der Waals surface area contributed by atoms with E-state index in [1.807, 2.05) is 18.0 Å². The van der Waals surface area contributed by atoms with E-state index in [-0.39, 0.29) is 11.9 Å². The molecule has 7 nitrogen and oxygen atoms in total. The van der Waals surface area contributed by atoms with Crippen molar-refractivity contribution in [2.45, 2.75) is 64.0 Å². The van der Waals surface area contributed by atoms with Crippen LogP contribution in [-0.2, 0) is 11.3 Å². The van der Waals surface area contributed by atoms with Crippen LogP contribution in [0.15, 0.2) is 16.9 Å². The Labute approximate surface area is 141 Å². The number of nitrogens with zero attached hydrogens (tertiary/aromatic N) is 5. The number of hydrogen-bond acceptors (Lipinski definition) is 5. The van der Waals surface area contributed by atoms with E-state index in [9.17, 15) is 4.79 Å². The van der Waals surface area contributed by atoms with Gasteiger partial charge in [0.1, 0.15) is 5.82 Å². The lowest BCUT2D eigenvalue weighted by atomic mass is 10.2. The standard InChI is InChI=1S/C17H23N5O2/c1-12-18-8-11-21(12)9-3-5-15(23)22-10-2-4-14(22)16-19-17(24-20-16)13-6-7-13/h8,11,13-14H,2-7,9-10H2,1H3. The van der Waals surface area contributed by atoms with E-state index in [2.05, 4.69) is 19.7 Å². The summed E-state index contributed by atoms with van der Waals surface area (Å²) in [6.45, 7) is 3.59. The number of imidazole rings is 1. The van der Waals surface area contributed by atoms with Crippen LogP contribution in [0, 0.1) is 6.92 Å². The molecule has 1 amide bonds. The predicted octanol–water partition coefficient (Wildman–Crippen LogP) is 2.60. The van der Waals surface area contributed by atoms with E-state index in [0.29, 0.717) is 18.2 Å². The molecule has 2 aliphatic rings. The van der Waals surface area contributed by atoms with Gasteiger partial charge in [-0.2, -0.15) is 4.98 Å². The van der Waals surface area contributed by atoms with Crippen molar-refractivity contribution in [3.8, 4) is 0 Å². The number of hydrogen-bond donors (Lipinski definition) is 0. The van der Waals surface area contributed by atoms with E-state index < -0.39 is 0 Å². The molecule has 7 heteroatoms. The molecule has 0 N–H and O–H groups in total. The summed E-state index contributed by atoms with van der Waals surface area (Å²) in [5, 5.41) is 4.13. The molecule has 4 rings (SSSR count). The number of amides is 1. The van der Waals surface area contributed by atoms with Gasteiger partial charge < -0.3 is 14.0 Å². The third-order valence-electron chi connectivity index (χ3n) is 4.97. The number of rotatable bonds is 6. The van der Waals surface area contributed by atoms with E-state index in [0.717, 1.165) is 56.9 Å². The summed E-state index contributed by atoms with van der Waals surface area (Å²) < 4.78 is 7.44. The molecular weight excluding hydrogens is 306 g/mol. The summed E-state index contributed by atoms with van der Waals surface area (Å²) >= 11 is 0. The molecule has 2 fully saturated rings. The third-order valence-corrected chi connectivity index (χ3v) is 4.97. The molecule has 2 aromatic heterocycles. The van der Waals surface area contributed by atoms with Crippen LogP contribution in [0.4, 0.5) is 0 Å². The highest BCUT2D eigenvalue weighted by Gasteiger charge is 2.35. The normalized spacial score (nSPS) is 20.7. The summed E-state index contributed by atoms with van der Waals surface area (Å²) in [6.07, 6.45) is 9.32. The third kappa shape index (κ3) is 3.07. The van der Waals surface area contributed by atoms with Crippen molar-refractivity contribution >= 4 is 5.91 Å². The summed E-state index contributed by atoms with van der Waals surface area (Å²) in [6, 6.07) is -0.0104. The first-order valence-electron chi connectivity index (χ1n) is 8.83. The van der Waals surface area contributed by atoms with Gasteiger partial charge >= 0.3 is 0 Å². The Morgan fingerprint density at radius 3 is 3.00 bits per heavy atom. The van der Waals surface area contributed by atoms with E-state index in [1.165, 1.54) is 0 Å². The number of aromatic nitrogens is 4. The number of carbonyl (C=O) groups excluding carboxylic acids is 1. The van der Waals surface area contributed by atoms with Crippen molar-refractivity contribution in [3.63, 3.8) is 0 Å². The van der Waals surface area contributed by atoms with Crippen molar-refractivity contribution in [1.29, 1.82) is 0 Å². The minimum atomic E-state index is -0.0104. The van der Waals surface area contributed by atoms with E-state index in [1.54, 1.807) is 6.20 Å². The molecule has 0 aromatic carbocycles. The monoisotopic (exact) mass is 329 g/mol. The van der Waals surface area contributed by atoms with Crippen LogP contribution in [0.3, 0.4) is 0 Å². The fourth-order valence-corrected chi connectivity index (χ4v) is 3.40. The minimum Gasteiger partial charge on any atom is -0.339 e. The molecule has 0 bridgehead atoms. The lowest BCUT2D eigenvalue weighted by Gasteiger charge is -2.22. The molecule has 1 unspecified atom stereocenters. The molecule has 128 valence electrons. The molecule has 0 spiro atoms. The maximum Gasteiger partial charge on any atom is 0.229 e. The van der Waals surface area contributed by atoms with Gasteiger partial charge in [-0.05, 0) is 39.0 Å². The molecule has 24 heavy (non-hydrogen) atoms. The van der Waals surface area contributed by atoms with Crippen LogP contribution in [0.1, 0.15) is 68.0 Å². The van der Waals surface area contributed by atoms with E-state index >= 15 is 0 Å². The molecule has 0 radical (unpaired) electrons. The van der Waals surface area contributed by atoms with Gasteiger partial charge in [-0.15, -0.1) is 0 Å². The van der Waals surface area contributed by atoms with Gasteiger partial charge in [0.2, 0.25) is 11.8 Å². The number of carbonyl (C=O) groups is 1. The Morgan fingerprint density at radius 1 is 1.38 bits per heavy atom. The van der Waals surface area contributed by atoms with Gasteiger partial charge in [-0.25, -0.2) is 4.98 Å². The van der Waals surface area contributed by atoms with Gasteiger partial charge in [0.25, 0.3) is 0 Å². The van der Waals surface area contributed by atoms with Crippen molar-refractivity contribution in [2.75, 3.05) is 6.54 Å². The highest BCUT2D eigenvalue weighted by Crippen LogP contribution is 2.40. The van der Waals surface area contributed by atoms with Gasteiger partial charge in [0.05, 0.1) is 6.04 Å². The summed E-state index contributed by atoms with van der Waals surface area (Å²) in [5.74, 6) is 3.07. The Morgan fingerprint density at radius 2 is 2.25 bits per heavy atom. The second kappa shape index (κ2) is 6.37. The summed E-state index contributed by atoms with van der Waals surface area (Å²) in [5.41, 5.74) is 0. The zero-order chi connectivity index (χ0) is 16.5. The van der Waals surface area contributed by atoms with Crippen LogP contribution in [0.5, 0.6) is 0 Å². The molecule has 1 saturated carbocycles. The van der Waals surface area contributed by atoms with Crippen LogP contribution >= 0.6 is 0 Å². The van der Waals surface area contributed by atoms with Crippen molar-refractivity contribution in [2.24, 2.45) is 0 Å². The lowest BCUT2D eigenvalue weighted by Crippen LogP contribution is -2.31. The number of aryl methyl sites for hydroxylation is 2. The quantitative estimate of drug-likeness (QED) is 0.814. The van der Waals surface area contributed by atoms with E-state index in [4.69, 9.17) is 4.52 Å². The summed E-state index contributed by atoms with van der Waals surface area (Å²) in [7, 11) is 0. The number of likely N-dealkylation sites (tertiary alicyclic amines) is 1. The predicted molar refractivity (Wildman–Crippen MR) is 86.2 cm³/mol. The fourth-order valence-electron chi connectivity index (χ4n) is 3.40. The smallest absolute Gasteiger partial charge is 0.229 e. The molecule has 1 aliphatic carbocycles. The maximum atomic E-state index is 12.6. The van der Waals surface area contributed by atoms with Crippen molar-refractivity contribution in [3.05, 3.63) is 29.9 Å². The Hall–Kier alpha value is -2.18. The Kier molecular flexibility index (Phi) is 4.08. The zero-order valence-corrected chi connectivity index (χ0v) is 14.0. The average molecular weight is 329 g/mol. The zero-order valence-electron chi connectivity index (χ0n) is 14.0. The molecule has 1 saturated heterocycles. The van der Waals surface area contributed by atoms with Gasteiger partial charge in [-0.3, -0.25) is 4.79 Å². The maximum absolute atomic E-state index is 12.6. The highest BCUT2D eigenvalue weighted by molar-refractivity contribution is 5.76. The molecule has 1 atom stereocenters. The van der Waals surface area contributed by atoms with Crippen LogP contribution in [-0.4, -0.2) is 37.0 Å². The second-order valence-corrected chi connectivity index (χ2v) is 6.78. The Balaban J connectivity index is 1.35. The SMILES string of the molecule is Cc1nccn1CCCC(=O)N1CCCC1c1noc(C2CC2)n1. The first-order chi connectivity index (χ1) is 11.7. The lowest BCUT2D eigenvalue weighted by molar-refractivity contribution is -0.132. The largest absolute Gasteiger partial charge is 0.339 e. The summed E-state index contributed by atoms with van der Waals surface area (Å²) in [4.78, 5) is 23.3. The van der Waals surface area contributed by atoms with Crippen LogP contribution in [0.2, 0.25) is 0 Å². The topological polar surface area (TPSA) is 77.0 Å². The fraction of sp³-hybridized carbons (Fsp3) is 0.647. The first-order valence-corrected chi connectivity index (χ1v) is 8.83. The van der Waals surface area contributed by atoms with Gasteiger partial charge in [0.15, 0.2) is 5.82 Å². The van der Waals surface area contributed by atoms with Crippen LogP contribution in [0.25, 0.3) is 0 Å². The van der Waals surface area contributed by atoms with Crippen molar-refractivity contribution in [1.82, 2.24) is 24.6 Å². The molecule has 3 heterocycles. The van der Waals surface area contributed by atoms with Gasteiger partial charge in [-0.1, -0.05) is 5.16 Å². The second-order valence-electron chi connectivity index (χ2n) is 6.78. The minimum absolute atomic E-state index is 0.0104. The van der Waals surface area contributed by atoms with Crippen LogP contribution < -0.4 is 0 Å². The first kappa shape index (κ1) is 15.4. The van der Waals surface area contributed by atoms with Gasteiger partial charge in [0, 0.05) is 37.8 Å². The highest BCUT2D eigenvalue weighted by atomic mass is 16.5. The average Bonchev–Trinajstić information content (AvgIpc) is 3.00. The Bertz CT molecular complexity index is 718.